The average molecular weight is 453 g/mol. The van der Waals surface area contributed by atoms with Gasteiger partial charge in [0.25, 0.3) is 0 Å². The van der Waals surface area contributed by atoms with Crippen molar-refractivity contribution in [1.82, 2.24) is 9.03 Å². The molecule has 1 N–H and O–H groups in total. The van der Waals surface area contributed by atoms with E-state index in [-0.39, 0.29) is 28.3 Å². The van der Waals surface area contributed by atoms with Gasteiger partial charge in [-0.25, -0.2) is 21.6 Å². The summed E-state index contributed by atoms with van der Waals surface area (Å²) in [4.78, 5) is 0.0902. The van der Waals surface area contributed by atoms with Crippen molar-refractivity contribution in [2.45, 2.75) is 36.6 Å². The first-order valence-corrected chi connectivity index (χ1v) is 12.7. The third-order valence-corrected chi connectivity index (χ3v) is 8.37. The molecule has 0 aliphatic carbocycles. The van der Waals surface area contributed by atoms with E-state index in [1.54, 1.807) is 0 Å². The standard InChI is InChI=1S/C21H28N2O5S2/c1-21(2,3)20(17-7-5-4-6-8-17)22-29(24,25)18-9-11-19(12-10-18)30(26,27)23-13-15-28-16-14-23/h4-12,20,22H,13-16H2,1-3H3. The van der Waals surface area contributed by atoms with Crippen LogP contribution in [-0.2, 0) is 24.8 Å². The molecular formula is C21H28N2O5S2. The molecule has 1 aliphatic rings. The molecule has 30 heavy (non-hydrogen) atoms. The summed E-state index contributed by atoms with van der Waals surface area (Å²) in [6.07, 6.45) is 0. The highest BCUT2D eigenvalue weighted by molar-refractivity contribution is 7.89. The van der Waals surface area contributed by atoms with Crippen LogP contribution in [0.5, 0.6) is 0 Å². The second-order valence-electron chi connectivity index (χ2n) is 8.32. The van der Waals surface area contributed by atoms with Crippen LogP contribution in [0.25, 0.3) is 0 Å². The van der Waals surface area contributed by atoms with Crippen LogP contribution >= 0.6 is 0 Å². The number of nitrogens with one attached hydrogen (secondary N) is 1. The van der Waals surface area contributed by atoms with E-state index in [0.29, 0.717) is 13.2 Å². The lowest BCUT2D eigenvalue weighted by Crippen LogP contribution is -2.40. The highest BCUT2D eigenvalue weighted by Gasteiger charge is 2.31. The van der Waals surface area contributed by atoms with Crippen molar-refractivity contribution in [3.63, 3.8) is 0 Å². The number of sulfonamides is 2. The third kappa shape index (κ3) is 5.09. The number of nitrogens with zero attached hydrogens (tertiary/aromatic N) is 1. The maximum atomic E-state index is 13.0. The first kappa shape index (κ1) is 22.9. The van der Waals surface area contributed by atoms with Gasteiger partial charge in [-0.2, -0.15) is 4.31 Å². The van der Waals surface area contributed by atoms with E-state index < -0.39 is 26.1 Å². The van der Waals surface area contributed by atoms with Gasteiger partial charge in [0.15, 0.2) is 0 Å². The molecule has 9 heteroatoms. The maximum absolute atomic E-state index is 13.0. The van der Waals surface area contributed by atoms with Crippen molar-refractivity contribution in [3.05, 3.63) is 60.2 Å². The van der Waals surface area contributed by atoms with Crippen LogP contribution in [0.2, 0.25) is 0 Å². The lowest BCUT2D eigenvalue weighted by Gasteiger charge is -2.31. The third-order valence-electron chi connectivity index (χ3n) is 5.01. The van der Waals surface area contributed by atoms with Gasteiger partial charge in [0.05, 0.1) is 29.0 Å². The van der Waals surface area contributed by atoms with Crippen LogP contribution in [0.1, 0.15) is 32.4 Å². The average Bonchev–Trinajstić information content (AvgIpc) is 2.73. The smallest absolute Gasteiger partial charge is 0.243 e. The van der Waals surface area contributed by atoms with Crippen LogP contribution in [0.4, 0.5) is 0 Å². The van der Waals surface area contributed by atoms with Gasteiger partial charge >= 0.3 is 0 Å². The van der Waals surface area contributed by atoms with E-state index in [4.69, 9.17) is 4.74 Å². The van der Waals surface area contributed by atoms with Crippen LogP contribution in [-0.4, -0.2) is 47.4 Å². The van der Waals surface area contributed by atoms with E-state index >= 15 is 0 Å². The van der Waals surface area contributed by atoms with E-state index in [2.05, 4.69) is 4.72 Å². The fraction of sp³-hybridized carbons (Fsp3) is 0.429. The predicted octanol–water partition coefficient (Wildman–Crippen LogP) is 2.77. The minimum absolute atomic E-state index is 0.0219. The summed E-state index contributed by atoms with van der Waals surface area (Å²) in [7, 11) is -7.53. The maximum Gasteiger partial charge on any atom is 0.243 e. The summed E-state index contributed by atoms with van der Waals surface area (Å²) in [5.41, 5.74) is 0.494. The monoisotopic (exact) mass is 452 g/mol. The van der Waals surface area contributed by atoms with Gasteiger partial charge in [0.1, 0.15) is 0 Å². The lowest BCUT2D eigenvalue weighted by molar-refractivity contribution is 0.0730. The Balaban J connectivity index is 1.85. The minimum atomic E-state index is -3.86. The van der Waals surface area contributed by atoms with E-state index in [1.807, 2.05) is 51.1 Å². The summed E-state index contributed by atoms with van der Waals surface area (Å²) >= 11 is 0. The molecule has 164 valence electrons. The Morgan fingerprint density at radius 3 is 1.93 bits per heavy atom. The van der Waals surface area contributed by atoms with Crippen LogP contribution < -0.4 is 4.72 Å². The van der Waals surface area contributed by atoms with Crippen LogP contribution in [0, 0.1) is 5.41 Å². The van der Waals surface area contributed by atoms with E-state index in [9.17, 15) is 16.8 Å². The van der Waals surface area contributed by atoms with Gasteiger partial charge in [-0.1, -0.05) is 51.1 Å². The van der Waals surface area contributed by atoms with Gasteiger partial charge in [0.2, 0.25) is 20.0 Å². The Bertz CT molecular complexity index is 1050. The fourth-order valence-electron chi connectivity index (χ4n) is 3.34. The molecule has 1 unspecified atom stereocenters. The van der Waals surface area contributed by atoms with Gasteiger partial charge in [-0.15, -0.1) is 0 Å². The Morgan fingerprint density at radius 1 is 0.867 bits per heavy atom. The zero-order valence-corrected chi connectivity index (χ0v) is 19.0. The number of hydrogen-bond acceptors (Lipinski definition) is 5. The topological polar surface area (TPSA) is 92.8 Å². The number of rotatable bonds is 6. The Kier molecular flexibility index (Phi) is 6.69. The minimum Gasteiger partial charge on any atom is -0.379 e. The molecule has 1 heterocycles. The zero-order chi connectivity index (χ0) is 22.0. The van der Waals surface area contributed by atoms with Crippen molar-refractivity contribution in [3.8, 4) is 0 Å². The summed E-state index contributed by atoms with van der Waals surface area (Å²) in [6, 6.07) is 14.3. The second kappa shape index (κ2) is 8.76. The molecule has 1 atom stereocenters. The summed E-state index contributed by atoms with van der Waals surface area (Å²) < 4.78 is 60.9. The predicted molar refractivity (Wildman–Crippen MR) is 115 cm³/mol. The van der Waals surface area contributed by atoms with Gasteiger partial charge in [-0.3, -0.25) is 0 Å². The number of benzene rings is 2. The molecule has 3 rings (SSSR count). The SMILES string of the molecule is CC(C)(C)C(NS(=O)(=O)c1ccc(S(=O)(=O)N2CCOCC2)cc1)c1ccccc1. The molecule has 0 saturated carbocycles. The van der Waals surface area contributed by atoms with E-state index in [0.717, 1.165) is 5.56 Å². The van der Waals surface area contributed by atoms with Crippen molar-refractivity contribution < 1.29 is 21.6 Å². The highest BCUT2D eigenvalue weighted by Crippen LogP contribution is 2.34. The molecule has 2 aromatic rings. The fourth-order valence-corrected chi connectivity index (χ4v) is 6.18. The number of morpholine rings is 1. The molecule has 1 aliphatic heterocycles. The molecule has 0 spiro atoms. The molecule has 2 aromatic carbocycles. The van der Waals surface area contributed by atoms with Crippen molar-refractivity contribution in [2.75, 3.05) is 26.3 Å². The van der Waals surface area contributed by atoms with Gasteiger partial charge in [-0.05, 0) is 35.2 Å². The zero-order valence-electron chi connectivity index (χ0n) is 17.4. The number of ether oxygens (including phenoxy) is 1. The first-order valence-electron chi connectivity index (χ1n) is 9.77. The lowest BCUT2D eigenvalue weighted by atomic mass is 9.83. The largest absolute Gasteiger partial charge is 0.379 e. The molecule has 0 radical (unpaired) electrons. The summed E-state index contributed by atoms with van der Waals surface area (Å²) in [6.45, 7) is 7.16. The molecule has 7 nitrogen and oxygen atoms in total. The number of hydrogen-bond donors (Lipinski definition) is 1. The normalized spacial score (nSPS) is 17.6. The van der Waals surface area contributed by atoms with Gasteiger partial charge < -0.3 is 4.74 Å². The molecule has 1 fully saturated rings. The van der Waals surface area contributed by atoms with Crippen molar-refractivity contribution in [2.24, 2.45) is 5.41 Å². The quantitative estimate of drug-likeness (QED) is 0.728. The van der Waals surface area contributed by atoms with Gasteiger partial charge in [0, 0.05) is 13.1 Å². The summed E-state index contributed by atoms with van der Waals surface area (Å²) in [5, 5.41) is 0. The second-order valence-corrected chi connectivity index (χ2v) is 12.0. The Morgan fingerprint density at radius 2 is 1.40 bits per heavy atom. The van der Waals surface area contributed by atoms with Crippen LogP contribution in [0.15, 0.2) is 64.4 Å². The molecule has 0 bridgehead atoms. The highest BCUT2D eigenvalue weighted by atomic mass is 32.2. The van der Waals surface area contributed by atoms with Crippen molar-refractivity contribution in [1.29, 1.82) is 0 Å². The first-order chi connectivity index (χ1) is 14.0. The van der Waals surface area contributed by atoms with E-state index in [1.165, 1.54) is 28.6 Å². The van der Waals surface area contributed by atoms with Crippen LogP contribution in [0.3, 0.4) is 0 Å². The molecular weight excluding hydrogens is 424 g/mol. The molecule has 1 saturated heterocycles. The molecule has 0 amide bonds. The Labute approximate surface area is 179 Å². The van der Waals surface area contributed by atoms with Crippen molar-refractivity contribution >= 4 is 20.0 Å². The summed E-state index contributed by atoms with van der Waals surface area (Å²) in [5.74, 6) is 0. The molecule has 0 aromatic heterocycles. The Hall–Kier alpha value is -1.78.